The molecule has 4 aromatic carbocycles. The third kappa shape index (κ3) is 6.52. The summed E-state index contributed by atoms with van der Waals surface area (Å²) in [6.45, 7) is 15.2. The Labute approximate surface area is 322 Å². The van der Waals surface area contributed by atoms with Gasteiger partial charge in [-0.1, -0.05) is 136 Å². The van der Waals surface area contributed by atoms with Crippen LogP contribution in [-0.2, 0) is 12.8 Å². The number of fused-ring (bicyclic) bond motifs is 3. The van der Waals surface area contributed by atoms with Crippen LogP contribution in [-0.4, -0.2) is 19.9 Å². The van der Waals surface area contributed by atoms with Gasteiger partial charge < -0.3 is 9.71 Å². The molecule has 0 unspecified atom stereocenters. The highest BCUT2D eigenvalue weighted by molar-refractivity contribution is 7.84. The lowest BCUT2D eigenvalue weighted by atomic mass is 9.41. The molecule has 0 spiro atoms. The van der Waals surface area contributed by atoms with Crippen molar-refractivity contribution in [3.8, 4) is 0 Å². The van der Waals surface area contributed by atoms with Crippen LogP contribution in [0.25, 0.3) is 11.1 Å². The van der Waals surface area contributed by atoms with Crippen molar-refractivity contribution in [3.63, 3.8) is 0 Å². The van der Waals surface area contributed by atoms with Crippen LogP contribution in [0.5, 0.6) is 0 Å². The van der Waals surface area contributed by atoms with Crippen LogP contribution in [0.3, 0.4) is 0 Å². The molecule has 0 amide bonds. The van der Waals surface area contributed by atoms with Gasteiger partial charge in [0.2, 0.25) is 0 Å². The van der Waals surface area contributed by atoms with E-state index in [1.54, 1.807) is 5.57 Å². The molecular formula is C49H49BN2S. The topological polar surface area (TPSA) is 6.48 Å². The molecule has 0 saturated heterocycles. The summed E-state index contributed by atoms with van der Waals surface area (Å²) < 4.78 is 0. The van der Waals surface area contributed by atoms with Crippen molar-refractivity contribution in [2.45, 2.75) is 53.4 Å². The Balaban J connectivity index is 1.37. The molecule has 0 bridgehead atoms. The van der Waals surface area contributed by atoms with Gasteiger partial charge in [0.1, 0.15) is 0 Å². The second-order valence-corrected chi connectivity index (χ2v) is 15.8. The zero-order chi connectivity index (χ0) is 36.6. The first-order valence-electron chi connectivity index (χ1n) is 19.2. The fourth-order valence-electron chi connectivity index (χ4n) is 9.09. The maximum Gasteiger partial charge on any atom is 0.329 e. The van der Waals surface area contributed by atoms with Gasteiger partial charge in [-0.2, -0.15) is 0 Å². The zero-order valence-corrected chi connectivity index (χ0v) is 32.5. The predicted molar refractivity (Wildman–Crippen MR) is 233 cm³/mol. The molecule has 0 aromatic heterocycles. The van der Waals surface area contributed by atoms with Gasteiger partial charge in [0.15, 0.2) is 0 Å². The summed E-state index contributed by atoms with van der Waals surface area (Å²) in [5, 5.41) is 0. The maximum atomic E-state index is 4.89. The minimum Gasteiger partial charge on any atom is -0.376 e. The number of hydrogen-bond donors (Lipinski definition) is 1. The molecule has 0 N–H and O–H groups in total. The normalized spacial score (nSPS) is 18.9. The molecule has 264 valence electrons. The van der Waals surface area contributed by atoms with Gasteiger partial charge >= 0.3 is 6.85 Å². The van der Waals surface area contributed by atoms with E-state index in [0.717, 1.165) is 43.7 Å². The van der Waals surface area contributed by atoms with Crippen LogP contribution >= 0.6 is 12.6 Å². The third-order valence-corrected chi connectivity index (χ3v) is 11.8. The fraction of sp³-hybridized carbons (Fsp3) is 0.224. The van der Waals surface area contributed by atoms with E-state index in [2.05, 4.69) is 165 Å². The van der Waals surface area contributed by atoms with E-state index in [1.165, 1.54) is 78.1 Å². The predicted octanol–water partition coefficient (Wildman–Crippen LogP) is 11.2. The van der Waals surface area contributed by atoms with Crippen molar-refractivity contribution in [3.05, 3.63) is 195 Å². The Hall–Kier alpha value is -4.93. The van der Waals surface area contributed by atoms with E-state index in [9.17, 15) is 0 Å². The molecule has 4 aromatic rings. The van der Waals surface area contributed by atoms with E-state index in [1.807, 2.05) is 6.08 Å². The highest BCUT2D eigenvalue weighted by atomic mass is 32.1. The van der Waals surface area contributed by atoms with Gasteiger partial charge in [0.05, 0.1) is 0 Å². The minimum absolute atomic E-state index is 0.0431. The second kappa shape index (κ2) is 14.8. The van der Waals surface area contributed by atoms with Crippen molar-refractivity contribution in [1.82, 2.24) is 0 Å². The first-order chi connectivity index (χ1) is 25.8. The lowest BCUT2D eigenvalue weighted by Crippen LogP contribution is -2.61. The number of anilines is 2. The molecule has 2 aliphatic heterocycles. The van der Waals surface area contributed by atoms with Crippen LogP contribution in [0.1, 0.15) is 60.1 Å². The number of nitrogens with zero attached hydrogens (tertiary/aromatic N) is 2. The molecule has 2 nitrogen and oxygen atoms in total. The van der Waals surface area contributed by atoms with Gasteiger partial charge in [0, 0.05) is 35.1 Å². The summed E-state index contributed by atoms with van der Waals surface area (Å²) in [5.74, 6) is 0.446. The monoisotopic (exact) mass is 708 g/mol. The zero-order valence-electron chi connectivity index (χ0n) is 31.6. The van der Waals surface area contributed by atoms with Crippen molar-refractivity contribution >= 4 is 47.5 Å². The van der Waals surface area contributed by atoms with Crippen LogP contribution in [0.2, 0.25) is 0 Å². The molecule has 4 aliphatic rings. The molecule has 4 heteroatoms. The first-order valence-corrected chi connectivity index (χ1v) is 19.7. The van der Waals surface area contributed by atoms with Gasteiger partial charge in [-0.25, -0.2) is 0 Å². The third-order valence-electron chi connectivity index (χ3n) is 11.4. The van der Waals surface area contributed by atoms with Gasteiger partial charge in [-0.05, 0) is 124 Å². The molecule has 2 aliphatic carbocycles. The van der Waals surface area contributed by atoms with Crippen LogP contribution in [0.15, 0.2) is 161 Å². The molecule has 8 rings (SSSR count). The lowest BCUT2D eigenvalue weighted by Gasteiger charge is -2.50. The van der Waals surface area contributed by atoms with Crippen molar-refractivity contribution in [1.29, 1.82) is 0 Å². The summed E-state index contributed by atoms with van der Waals surface area (Å²) in [6.07, 6.45) is 17.4. The molecule has 53 heavy (non-hydrogen) atoms. The Bertz CT molecular complexity index is 2280. The Kier molecular flexibility index (Phi) is 9.83. The number of rotatable bonds is 8. The smallest absolute Gasteiger partial charge is 0.329 e. The van der Waals surface area contributed by atoms with Gasteiger partial charge in [-0.3, -0.25) is 0 Å². The molecule has 2 heterocycles. The van der Waals surface area contributed by atoms with Gasteiger partial charge in [-0.15, -0.1) is 12.6 Å². The van der Waals surface area contributed by atoms with Crippen LogP contribution in [0, 0.1) is 19.8 Å². The SMILES string of the molecule is C=C/C=C1/Cc2ccccc2/C1=C1/CN(C/C=C\C(S)=C/Cc2ccccc2)c2cc(C)cc3c2B1N(c1ccccc1C)C1=C(C(C)C)CCC=C13. The number of aryl methyl sites for hydroxylation is 2. The number of benzene rings is 4. The minimum atomic E-state index is 0.0431. The molecule has 0 atom stereocenters. The molecular weight excluding hydrogens is 659 g/mol. The average Bonchev–Trinajstić information content (AvgIpc) is 3.53. The molecule has 0 fully saturated rings. The van der Waals surface area contributed by atoms with Crippen LogP contribution in [0.4, 0.5) is 11.4 Å². The summed E-state index contributed by atoms with van der Waals surface area (Å²) in [5.41, 5.74) is 20.7. The van der Waals surface area contributed by atoms with E-state index in [0.29, 0.717) is 5.92 Å². The first kappa shape index (κ1) is 35.1. The Morgan fingerprint density at radius 3 is 2.49 bits per heavy atom. The van der Waals surface area contributed by atoms with Crippen LogP contribution < -0.4 is 15.2 Å². The van der Waals surface area contributed by atoms with Crippen molar-refractivity contribution < 1.29 is 0 Å². The molecule has 0 saturated carbocycles. The average molecular weight is 709 g/mol. The standard InChI is InChI=1S/C49H49BN2S/c1-6-16-38-31-37-20-11-12-22-41(37)47(38)44-32-51(28-15-21-39(53)27-26-36-18-8-7-9-19-36)46-30-34(4)29-43-42-24-14-23-40(33(2)3)49(42)52(50(44)48(43)46)45-25-13-10-17-35(45)5/h6-13,15-22,24-25,27,29-30,33,53H,1,14,23,26,28,31-32H2,2-5H3/b21-15-,38-16-,39-27+,47-44-. The highest BCUT2D eigenvalue weighted by Crippen LogP contribution is 2.49. The lowest BCUT2D eigenvalue weighted by molar-refractivity contribution is 0.698. The fourth-order valence-corrected chi connectivity index (χ4v) is 9.28. The summed E-state index contributed by atoms with van der Waals surface area (Å²) >= 11 is 4.89. The Morgan fingerprint density at radius 2 is 1.70 bits per heavy atom. The second-order valence-electron chi connectivity index (χ2n) is 15.3. The maximum absolute atomic E-state index is 4.89. The molecule has 0 radical (unpaired) electrons. The van der Waals surface area contributed by atoms with E-state index in [4.69, 9.17) is 12.6 Å². The van der Waals surface area contributed by atoms with Gasteiger partial charge in [0.25, 0.3) is 0 Å². The highest BCUT2D eigenvalue weighted by Gasteiger charge is 2.48. The summed E-state index contributed by atoms with van der Waals surface area (Å²) in [4.78, 5) is 6.36. The van der Waals surface area contributed by atoms with E-state index in [-0.39, 0.29) is 6.85 Å². The number of hydrogen-bond acceptors (Lipinski definition) is 3. The van der Waals surface area contributed by atoms with E-state index < -0.39 is 0 Å². The largest absolute Gasteiger partial charge is 0.376 e. The summed E-state index contributed by atoms with van der Waals surface area (Å²) in [7, 11) is 0. The van der Waals surface area contributed by atoms with Crippen molar-refractivity contribution in [2.75, 3.05) is 22.8 Å². The van der Waals surface area contributed by atoms with E-state index >= 15 is 0 Å². The number of para-hydroxylation sites is 1. The number of allylic oxidation sites excluding steroid dienone is 9. The quantitative estimate of drug-likeness (QED) is 0.111. The van der Waals surface area contributed by atoms with Crippen molar-refractivity contribution in [2.24, 2.45) is 5.92 Å². The Morgan fingerprint density at radius 1 is 0.925 bits per heavy atom. The summed E-state index contributed by atoms with van der Waals surface area (Å²) in [6, 6.07) is 33.6. The number of thiol groups is 1.